The fourth-order valence-electron chi connectivity index (χ4n) is 1.37. The van der Waals surface area contributed by atoms with E-state index in [4.69, 9.17) is 16.7 Å². The number of aliphatic hydroxyl groups excluding tert-OH is 1. The van der Waals surface area contributed by atoms with Crippen molar-refractivity contribution >= 4 is 29.3 Å². The van der Waals surface area contributed by atoms with E-state index in [0.29, 0.717) is 5.02 Å². The van der Waals surface area contributed by atoms with Crippen LogP contribution in [0, 0.1) is 0 Å². The minimum atomic E-state index is -0.202. The molecule has 2 atom stereocenters. The van der Waals surface area contributed by atoms with Crippen molar-refractivity contribution in [2.24, 2.45) is 0 Å². The van der Waals surface area contributed by atoms with Crippen molar-refractivity contribution < 1.29 is 9.90 Å². The second-order valence-electron chi connectivity index (χ2n) is 4.01. The van der Waals surface area contributed by atoms with Gasteiger partial charge in [-0.3, -0.25) is 4.79 Å². The van der Waals surface area contributed by atoms with Gasteiger partial charge in [-0.2, -0.15) is 0 Å². The molecular weight excluding hydrogens is 270 g/mol. The smallest absolute Gasteiger partial charge is 0.233 e. The number of amides is 1. The van der Waals surface area contributed by atoms with E-state index in [9.17, 15) is 4.79 Å². The Kier molecular flexibility index (Phi) is 6.54. The number of thioether (sulfide) groups is 1. The number of carbonyl (C=O) groups excluding carboxylic acids is 1. The number of aliphatic hydroxyl groups is 1. The first-order chi connectivity index (χ1) is 8.56. The van der Waals surface area contributed by atoms with Gasteiger partial charge in [-0.25, -0.2) is 0 Å². The Morgan fingerprint density at radius 1 is 1.44 bits per heavy atom. The topological polar surface area (TPSA) is 49.3 Å². The standard InChI is InChI=1S/C13H18ClNO2S/c1-3-11(8-16)15-13(17)9(2)18-12-6-4-10(14)5-7-12/h4-7,9,11,16H,3,8H2,1-2H3,(H,15,17)/t9?,11-/m1/s1. The summed E-state index contributed by atoms with van der Waals surface area (Å²) in [6, 6.07) is 7.22. The van der Waals surface area contributed by atoms with Crippen LogP contribution in [0.4, 0.5) is 0 Å². The van der Waals surface area contributed by atoms with Gasteiger partial charge < -0.3 is 10.4 Å². The molecule has 1 unspecified atom stereocenters. The van der Waals surface area contributed by atoms with Crippen LogP contribution in [0.15, 0.2) is 29.2 Å². The first-order valence-electron chi connectivity index (χ1n) is 5.90. The maximum atomic E-state index is 11.9. The highest BCUT2D eigenvalue weighted by Crippen LogP contribution is 2.24. The van der Waals surface area contributed by atoms with E-state index in [1.54, 1.807) is 12.1 Å². The minimum Gasteiger partial charge on any atom is -0.394 e. The van der Waals surface area contributed by atoms with Crippen molar-refractivity contribution in [1.82, 2.24) is 5.32 Å². The molecule has 0 radical (unpaired) electrons. The molecule has 3 nitrogen and oxygen atoms in total. The van der Waals surface area contributed by atoms with Gasteiger partial charge in [-0.05, 0) is 37.6 Å². The summed E-state index contributed by atoms with van der Waals surface area (Å²) >= 11 is 7.27. The SMILES string of the molecule is CC[C@H](CO)NC(=O)C(C)Sc1ccc(Cl)cc1. The Labute approximate surface area is 117 Å². The zero-order valence-corrected chi connectivity index (χ0v) is 12.1. The Bertz CT molecular complexity index is 379. The molecule has 18 heavy (non-hydrogen) atoms. The quantitative estimate of drug-likeness (QED) is 0.791. The Balaban J connectivity index is 2.51. The lowest BCUT2D eigenvalue weighted by Crippen LogP contribution is -2.40. The molecule has 0 fully saturated rings. The number of carbonyl (C=O) groups is 1. The molecule has 1 rings (SSSR count). The molecule has 2 N–H and O–H groups in total. The summed E-state index contributed by atoms with van der Waals surface area (Å²) in [5.74, 6) is -0.0594. The number of benzene rings is 1. The van der Waals surface area contributed by atoms with Gasteiger partial charge >= 0.3 is 0 Å². The van der Waals surface area contributed by atoms with Gasteiger partial charge in [0, 0.05) is 9.92 Å². The van der Waals surface area contributed by atoms with Crippen LogP contribution in [0.2, 0.25) is 5.02 Å². The van der Waals surface area contributed by atoms with Crippen molar-refractivity contribution in [3.63, 3.8) is 0 Å². The lowest BCUT2D eigenvalue weighted by atomic mass is 10.2. The predicted octanol–water partition coefficient (Wildman–Crippen LogP) is 2.71. The van der Waals surface area contributed by atoms with Gasteiger partial charge in [-0.15, -0.1) is 11.8 Å². The molecule has 0 bridgehead atoms. The Morgan fingerprint density at radius 3 is 2.56 bits per heavy atom. The van der Waals surface area contributed by atoms with E-state index in [1.807, 2.05) is 26.0 Å². The largest absolute Gasteiger partial charge is 0.394 e. The van der Waals surface area contributed by atoms with Crippen molar-refractivity contribution in [2.45, 2.75) is 36.5 Å². The van der Waals surface area contributed by atoms with E-state index in [0.717, 1.165) is 11.3 Å². The number of hydrogen-bond acceptors (Lipinski definition) is 3. The Morgan fingerprint density at radius 2 is 2.06 bits per heavy atom. The first kappa shape index (κ1) is 15.3. The maximum absolute atomic E-state index is 11.9. The Hall–Kier alpha value is -0.710. The fourth-order valence-corrected chi connectivity index (χ4v) is 2.37. The molecule has 0 saturated carbocycles. The molecule has 0 aliphatic rings. The summed E-state index contributed by atoms with van der Waals surface area (Å²) in [7, 11) is 0. The number of hydrogen-bond donors (Lipinski definition) is 2. The van der Waals surface area contributed by atoms with Gasteiger partial charge in [0.2, 0.25) is 5.91 Å². The van der Waals surface area contributed by atoms with Gasteiger partial charge in [0.25, 0.3) is 0 Å². The molecule has 100 valence electrons. The molecule has 0 aliphatic carbocycles. The highest BCUT2D eigenvalue weighted by Gasteiger charge is 2.17. The van der Waals surface area contributed by atoms with Crippen molar-refractivity contribution in [2.75, 3.05) is 6.61 Å². The lowest BCUT2D eigenvalue weighted by Gasteiger charge is -2.17. The molecule has 0 aromatic heterocycles. The van der Waals surface area contributed by atoms with Gasteiger partial charge in [0.1, 0.15) is 0 Å². The molecule has 1 amide bonds. The zero-order chi connectivity index (χ0) is 13.5. The summed E-state index contributed by atoms with van der Waals surface area (Å²) in [6.07, 6.45) is 0.723. The molecule has 0 spiro atoms. The van der Waals surface area contributed by atoms with Crippen LogP contribution < -0.4 is 5.32 Å². The summed E-state index contributed by atoms with van der Waals surface area (Å²) < 4.78 is 0. The van der Waals surface area contributed by atoms with E-state index in [2.05, 4.69) is 5.32 Å². The average Bonchev–Trinajstić information content (AvgIpc) is 2.38. The third-order valence-corrected chi connectivity index (χ3v) is 3.92. The normalized spacial score (nSPS) is 14.0. The lowest BCUT2D eigenvalue weighted by molar-refractivity contribution is -0.121. The van der Waals surface area contributed by atoms with Crippen LogP contribution in [0.5, 0.6) is 0 Å². The number of rotatable bonds is 6. The monoisotopic (exact) mass is 287 g/mol. The first-order valence-corrected chi connectivity index (χ1v) is 7.16. The van der Waals surface area contributed by atoms with E-state index >= 15 is 0 Å². The maximum Gasteiger partial charge on any atom is 0.233 e. The minimum absolute atomic E-state index is 0.0272. The average molecular weight is 288 g/mol. The second kappa shape index (κ2) is 7.67. The van der Waals surface area contributed by atoms with Crippen molar-refractivity contribution in [3.8, 4) is 0 Å². The molecular formula is C13H18ClNO2S. The van der Waals surface area contributed by atoms with Crippen LogP contribution in [-0.4, -0.2) is 28.9 Å². The van der Waals surface area contributed by atoms with Gasteiger partial charge in [-0.1, -0.05) is 18.5 Å². The number of nitrogens with one attached hydrogen (secondary N) is 1. The third-order valence-electron chi connectivity index (χ3n) is 2.56. The van der Waals surface area contributed by atoms with Gasteiger partial charge in [0.05, 0.1) is 17.9 Å². The van der Waals surface area contributed by atoms with Crippen molar-refractivity contribution in [1.29, 1.82) is 0 Å². The summed E-state index contributed by atoms with van der Waals surface area (Å²) in [5, 5.41) is 12.3. The van der Waals surface area contributed by atoms with E-state index in [1.165, 1.54) is 11.8 Å². The van der Waals surface area contributed by atoms with E-state index in [-0.39, 0.29) is 23.8 Å². The van der Waals surface area contributed by atoms with Crippen LogP contribution in [0.3, 0.4) is 0 Å². The molecule has 0 heterocycles. The molecule has 1 aromatic carbocycles. The van der Waals surface area contributed by atoms with E-state index < -0.39 is 0 Å². The van der Waals surface area contributed by atoms with Crippen LogP contribution in [0.25, 0.3) is 0 Å². The fraction of sp³-hybridized carbons (Fsp3) is 0.462. The second-order valence-corrected chi connectivity index (χ2v) is 5.86. The van der Waals surface area contributed by atoms with Crippen LogP contribution >= 0.6 is 23.4 Å². The number of halogens is 1. The zero-order valence-electron chi connectivity index (χ0n) is 10.5. The third kappa shape index (κ3) is 4.88. The summed E-state index contributed by atoms with van der Waals surface area (Å²) in [5.41, 5.74) is 0. The molecule has 0 aliphatic heterocycles. The highest BCUT2D eigenvalue weighted by molar-refractivity contribution is 8.00. The van der Waals surface area contributed by atoms with Crippen molar-refractivity contribution in [3.05, 3.63) is 29.3 Å². The van der Waals surface area contributed by atoms with Crippen LogP contribution in [0.1, 0.15) is 20.3 Å². The van der Waals surface area contributed by atoms with Crippen LogP contribution in [-0.2, 0) is 4.79 Å². The van der Waals surface area contributed by atoms with Gasteiger partial charge in [0.15, 0.2) is 0 Å². The summed E-state index contributed by atoms with van der Waals surface area (Å²) in [6.45, 7) is 3.75. The summed E-state index contributed by atoms with van der Waals surface area (Å²) in [4.78, 5) is 12.9. The molecule has 5 heteroatoms. The predicted molar refractivity (Wildman–Crippen MR) is 76.1 cm³/mol. The molecule has 0 saturated heterocycles. The highest BCUT2D eigenvalue weighted by atomic mass is 35.5. The molecule has 1 aromatic rings.